The Bertz CT molecular complexity index is 244. The summed E-state index contributed by atoms with van der Waals surface area (Å²) < 4.78 is 0. The zero-order chi connectivity index (χ0) is 10.3. The summed E-state index contributed by atoms with van der Waals surface area (Å²) in [7, 11) is 0. The van der Waals surface area contributed by atoms with Crippen molar-refractivity contribution in [1.82, 2.24) is 0 Å². The monoisotopic (exact) mass is 193 g/mol. The van der Waals surface area contributed by atoms with Crippen molar-refractivity contribution in [3.8, 4) is 0 Å². The fourth-order valence-corrected chi connectivity index (χ4v) is 0.602. The molecule has 2 N–H and O–H groups in total. The second-order valence-electron chi connectivity index (χ2n) is 3.46. The van der Waals surface area contributed by atoms with E-state index >= 15 is 0 Å². The molecule has 1 amide bonds. The molecule has 0 aliphatic carbocycles. The molecule has 0 aliphatic rings. The quantitative estimate of drug-likeness (QED) is 0.682. The van der Waals surface area contributed by atoms with E-state index in [1.807, 2.05) is 6.07 Å². The third-order valence-corrected chi connectivity index (χ3v) is 1.06. The van der Waals surface area contributed by atoms with E-state index in [-0.39, 0.29) is 20.1 Å². The van der Waals surface area contributed by atoms with Crippen molar-refractivity contribution >= 4 is 20.1 Å². The van der Waals surface area contributed by atoms with Gasteiger partial charge in [0.1, 0.15) is 0 Å². The Balaban J connectivity index is 0.000000310. The van der Waals surface area contributed by atoms with Crippen LogP contribution >= 0.6 is 0 Å². The molecule has 70 valence electrons. The molecular weight excluding hydrogens is 177 g/mol. The Labute approximate surface area is 84.1 Å². The number of hydrogen-bond donors (Lipinski definition) is 1. The van der Waals surface area contributed by atoms with Gasteiger partial charge < -0.3 is 5.73 Å². The van der Waals surface area contributed by atoms with E-state index in [4.69, 9.17) is 5.73 Å². The van der Waals surface area contributed by atoms with Crippen molar-refractivity contribution in [3.05, 3.63) is 35.9 Å². The van der Waals surface area contributed by atoms with Crippen LogP contribution in [0, 0.1) is 0 Å². The molecule has 0 saturated heterocycles. The highest BCUT2D eigenvalue weighted by molar-refractivity contribution is 6.54. The maximum atomic E-state index is 10.4. The Morgan fingerprint density at radius 3 is 1.77 bits per heavy atom. The molecule has 0 saturated carbocycles. The van der Waals surface area contributed by atoms with Crippen molar-refractivity contribution in [3.63, 3.8) is 0 Å². The second kappa shape index (κ2) is 6.71. The molecule has 1 rings (SSSR count). The number of hydrogen-bond acceptors (Lipinski definition) is 1. The van der Waals surface area contributed by atoms with E-state index < -0.39 is 0 Å². The highest BCUT2D eigenvalue weighted by atomic mass is 27.2. The van der Waals surface area contributed by atoms with Crippen LogP contribution in [0.4, 0.5) is 0 Å². The van der Waals surface area contributed by atoms with Gasteiger partial charge in [-0.3, -0.25) is 4.79 Å². The number of rotatable bonds is 1. The second-order valence-corrected chi connectivity index (χ2v) is 6.93. The van der Waals surface area contributed by atoms with Gasteiger partial charge in [0.05, 0.1) is 0 Å². The van der Waals surface area contributed by atoms with E-state index in [0.717, 1.165) is 0 Å². The predicted octanol–water partition coefficient (Wildman–Crippen LogP) is 2.16. The number of amides is 1. The lowest BCUT2D eigenvalue weighted by molar-refractivity contribution is 0.100. The fourth-order valence-electron chi connectivity index (χ4n) is 0.602. The van der Waals surface area contributed by atoms with Gasteiger partial charge in [-0.25, -0.2) is 0 Å². The topological polar surface area (TPSA) is 43.1 Å². The average molecular weight is 193 g/mol. The SMILES string of the molecule is NC(=O)c1ccccc1.[CH3][Al]([CH3])[CH3]. The number of carbonyl (C=O) groups excluding carboxylic acids is 1. The lowest BCUT2D eigenvalue weighted by Gasteiger charge is -1.89. The van der Waals surface area contributed by atoms with Crippen LogP contribution < -0.4 is 5.73 Å². The smallest absolute Gasteiger partial charge is 0.251 e. The molecule has 3 heteroatoms. The number of nitrogens with two attached hydrogens (primary N) is 1. The fraction of sp³-hybridized carbons (Fsp3) is 0.300. The minimum atomic E-state index is -0.379. The maximum absolute atomic E-state index is 10.4. The van der Waals surface area contributed by atoms with Crippen molar-refractivity contribution in [2.24, 2.45) is 5.73 Å². The molecule has 0 atom stereocenters. The van der Waals surface area contributed by atoms with E-state index in [0.29, 0.717) is 5.56 Å². The Hall–Kier alpha value is -0.778. The molecule has 1 aromatic rings. The van der Waals surface area contributed by atoms with Gasteiger partial charge in [0.2, 0.25) is 5.91 Å². The first-order chi connectivity index (χ1) is 6.04. The van der Waals surface area contributed by atoms with Crippen LogP contribution in [-0.2, 0) is 0 Å². The van der Waals surface area contributed by atoms with Crippen LogP contribution in [0.1, 0.15) is 10.4 Å². The molecule has 2 nitrogen and oxygen atoms in total. The van der Waals surface area contributed by atoms with Crippen LogP contribution in [0.3, 0.4) is 0 Å². The highest BCUT2D eigenvalue weighted by Gasteiger charge is 1.93. The summed E-state index contributed by atoms with van der Waals surface area (Å²) >= 11 is -0.139. The zero-order valence-electron chi connectivity index (χ0n) is 8.45. The Morgan fingerprint density at radius 2 is 1.54 bits per heavy atom. The van der Waals surface area contributed by atoms with Crippen LogP contribution in [0.15, 0.2) is 30.3 Å². The van der Waals surface area contributed by atoms with Crippen molar-refractivity contribution < 1.29 is 4.79 Å². The summed E-state index contributed by atoms with van der Waals surface area (Å²) in [6, 6.07) is 8.76. The normalized spacial score (nSPS) is 8.23. The third kappa shape index (κ3) is 7.58. The Morgan fingerprint density at radius 1 is 1.15 bits per heavy atom. The van der Waals surface area contributed by atoms with Gasteiger partial charge in [-0.2, -0.15) is 0 Å². The summed E-state index contributed by atoms with van der Waals surface area (Å²) in [5.41, 5.74) is 5.53. The minimum Gasteiger partial charge on any atom is -0.366 e. The minimum absolute atomic E-state index is 0.139. The lowest BCUT2D eigenvalue weighted by Crippen LogP contribution is -2.09. The molecular formula is C10H16AlNO. The largest absolute Gasteiger partial charge is 0.366 e. The maximum Gasteiger partial charge on any atom is 0.251 e. The molecule has 0 spiro atoms. The van der Waals surface area contributed by atoms with E-state index in [1.54, 1.807) is 24.3 Å². The molecule has 0 unspecified atom stereocenters. The summed E-state index contributed by atoms with van der Waals surface area (Å²) in [6.45, 7) is 0. The average Bonchev–Trinajstić information content (AvgIpc) is 2.05. The highest BCUT2D eigenvalue weighted by Crippen LogP contribution is 1.94. The molecule has 0 bridgehead atoms. The number of carbonyl (C=O) groups is 1. The van der Waals surface area contributed by atoms with E-state index in [1.165, 1.54) is 0 Å². The van der Waals surface area contributed by atoms with Gasteiger partial charge in [-0.1, -0.05) is 18.2 Å². The zero-order valence-corrected chi connectivity index (χ0v) is 9.60. The Kier molecular flexibility index (Phi) is 6.31. The van der Waals surface area contributed by atoms with Gasteiger partial charge in [0.15, 0.2) is 0 Å². The van der Waals surface area contributed by atoms with Crippen LogP contribution in [0.25, 0.3) is 0 Å². The van der Waals surface area contributed by atoms with Crippen molar-refractivity contribution in [2.75, 3.05) is 0 Å². The standard InChI is InChI=1S/C7H7NO.3CH3.Al/c8-7(9)6-4-2-1-3-5-6;;;;/h1-5H,(H2,8,9);3*1H3;. The summed E-state index contributed by atoms with van der Waals surface area (Å²) in [6.07, 6.45) is 0. The summed E-state index contributed by atoms with van der Waals surface area (Å²) in [5, 5.41) is 0. The first-order valence-corrected chi connectivity index (χ1v) is 7.85. The van der Waals surface area contributed by atoms with E-state index in [9.17, 15) is 4.79 Å². The molecule has 0 aromatic heterocycles. The number of benzene rings is 1. The first-order valence-electron chi connectivity index (χ1n) is 4.39. The number of primary amides is 1. The molecule has 0 aliphatic heterocycles. The molecule has 1 aromatic carbocycles. The molecule has 0 fully saturated rings. The summed E-state index contributed by atoms with van der Waals surface area (Å²) in [5.74, 6) is 6.54. The van der Waals surface area contributed by atoms with Crippen molar-refractivity contribution in [1.29, 1.82) is 0 Å². The summed E-state index contributed by atoms with van der Waals surface area (Å²) in [4.78, 5) is 10.4. The van der Waals surface area contributed by atoms with Gasteiger partial charge in [-0.15, -0.1) is 17.4 Å². The molecule has 13 heavy (non-hydrogen) atoms. The van der Waals surface area contributed by atoms with Gasteiger partial charge in [0, 0.05) is 5.56 Å². The van der Waals surface area contributed by atoms with Gasteiger partial charge >= 0.3 is 0 Å². The van der Waals surface area contributed by atoms with E-state index in [2.05, 4.69) is 17.4 Å². The van der Waals surface area contributed by atoms with Gasteiger partial charge in [-0.05, 0) is 12.1 Å². The van der Waals surface area contributed by atoms with Crippen molar-refractivity contribution in [2.45, 2.75) is 17.4 Å². The van der Waals surface area contributed by atoms with Crippen LogP contribution in [0.5, 0.6) is 0 Å². The first kappa shape index (κ1) is 12.2. The molecule has 0 radical (unpaired) electrons. The van der Waals surface area contributed by atoms with Gasteiger partial charge in [0.25, 0.3) is 14.1 Å². The van der Waals surface area contributed by atoms with Crippen LogP contribution in [-0.4, -0.2) is 20.1 Å². The lowest BCUT2D eigenvalue weighted by atomic mass is 10.2. The third-order valence-electron chi connectivity index (χ3n) is 1.06. The predicted molar refractivity (Wildman–Crippen MR) is 58.3 cm³/mol. The molecule has 0 heterocycles. The van der Waals surface area contributed by atoms with Crippen LogP contribution in [0.2, 0.25) is 17.4 Å².